The molecule has 0 aliphatic heterocycles. The molecule has 0 saturated heterocycles. The minimum atomic E-state index is -0.405. The van der Waals surface area contributed by atoms with Crippen LogP contribution >= 0.6 is 0 Å². The molecule has 2 aromatic heterocycles. The number of esters is 1. The zero-order chi connectivity index (χ0) is 14.7. The van der Waals surface area contributed by atoms with Gasteiger partial charge in [-0.15, -0.1) is 0 Å². The summed E-state index contributed by atoms with van der Waals surface area (Å²) in [5.41, 5.74) is 2.25. The van der Waals surface area contributed by atoms with Gasteiger partial charge in [-0.05, 0) is 18.2 Å². The molecule has 0 atom stereocenters. The third-order valence-corrected chi connectivity index (χ3v) is 3.13. The van der Waals surface area contributed by atoms with Gasteiger partial charge in [-0.1, -0.05) is 18.2 Å². The minimum absolute atomic E-state index is 0.405. The van der Waals surface area contributed by atoms with Crippen molar-refractivity contribution in [2.45, 2.75) is 6.54 Å². The fourth-order valence-electron chi connectivity index (χ4n) is 2.06. The molecule has 3 aromatic rings. The predicted molar refractivity (Wildman–Crippen MR) is 79.1 cm³/mol. The Bertz CT molecular complexity index is 780. The lowest BCUT2D eigenvalue weighted by Crippen LogP contribution is -2.00. The van der Waals surface area contributed by atoms with E-state index in [1.165, 1.54) is 13.4 Å². The smallest absolute Gasteiger partial charge is 0.341 e. The molecule has 2 heterocycles. The van der Waals surface area contributed by atoms with Gasteiger partial charge in [0.25, 0.3) is 0 Å². The standard InChI is InChI=1S/C16H14N2O3/c1-20-16(19)12-7-14(21-10-12)9-17-13-6-11-4-2-3-5-15(11)18-8-13/h2-8,10,17H,9H2,1H3. The van der Waals surface area contributed by atoms with E-state index in [0.717, 1.165) is 16.6 Å². The van der Waals surface area contributed by atoms with Gasteiger partial charge in [-0.3, -0.25) is 4.98 Å². The molecule has 3 rings (SSSR count). The Balaban J connectivity index is 1.71. The summed E-state index contributed by atoms with van der Waals surface area (Å²) in [7, 11) is 1.34. The second-order valence-electron chi connectivity index (χ2n) is 4.56. The van der Waals surface area contributed by atoms with Crippen molar-refractivity contribution in [1.29, 1.82) is 0 Å². The SMILES string of the molecule is COC(=O)c1coc(CNc2cnc3ccccc3c2)c1. The van der Waals surface area contributed by atoms with Crippen molar-refractivity contribution in [2.75, 3.05) is 12.4 Å². The van der Waals surface area contributed by atoms with Crippen molar-refractivity contribution < 1.29 is 13.9 Å². The summed E-state index contributed by atoms with van der Waals surface area (Å²) >= 11 is 0. The number of rotatable bonds is 4. The number of methoxy groups -OCH3 is 1. The van der Waals surface area contributed by atoms with E-state index in [-0.39, 0.29) is 0 Å². The third kappa shape index (κ3) is 2.86. The Morgan fingerprint density at radius 1 is 1.33 bits per heavy atom. The van der Waals surface area contributed by atoms with Gasteiger partial charge in [0, 0.05) is 5.39 Å². The summed E-state index contributed by atoms with van der Waals surface area (Å²) in [6, 6.07) is 11.6. The van der Waals surface area contributed by atoms with Crippen LogP contribution in [0.2, 0.25) is 0 Å². The van der Waals surface area contributed by atoms with Crippen molar-refractivity contribution in [2.24, 2.45) is 0 Å². The number of nitrogens with one attached hydrogen (secondary N) is 1. The first-order valence-electron chi connectivity index (χ1n) is 6.50. The number of fused-ring (bicyclic) bond motifs is 1. The normalized spacial score (nSPS) is 10.5. The molecule has 0 bridgehead atoms. The summed E-state index contributed by atoms with van der Waals surface area (Å²) in [5.74, 6) is 0.251. The van der Waals surface area contributed by atoms with Crippen molar-refractivity contribution in [3.8, 4) is 0 Å². The lowest BCUT2D eigenvalue weighted by molar-refractivity contribution is 0.0600. The lowest BCUT2D eigenvalue weighted by atomic mass is 10.2. The van der Waals surface area contributed by atoms with E-state index in [4.69, 9.17) is 4.42 Å². The van der Waals surface area contributed by atoms with E-state index in [9.17, 15) is 4.79 Å². The Kier molecular flexibility index (Phi) is 3.55. The number of carbonyl (C=O) groups is 1. The van der Waals surface area contributed by atoms with E-state index in [0.29, 0.717) is 17.9 Å². The molecule has 0 amide bonds. The lowest BCUT2D eigenvalue weighted by Gasteiger charge is -2.05. The quantitative estimate of drug-likeness (QED) is 0.744. The largest absolute Gasteiger partial charge is 0.467 e. The van der Waals surface area contributed by atoms with Crippen molar-refractivity contribution >= 4 is 22.6 Å². The van der Waals surface area contributed by atoms with E-state index >= 15 is 0 Å². The van der Waals surface area contributed by atoms with Gasteiger partial charge in [0.2, 0.25) is 0 Å². The first-order chi connectivity index (χ1) is 10.3. The van der Waals surface area contributed by atoms with Gasteiger partial charge in [0.05, 0.1) is 36.6 Å². The van der Waals surface area contributed by atoms with Crippen LogP contribution in [0.5, 0.6) is 0 Å². The van der Waals surface area contributed by atoms with Crippen LogP contribution in [-0.4, -0.2) is 18.1 Å². The molecule has 106 valence electrons. The van der Waals surface area contributed by atoms with Crippen molar-refractivity contribution in [1.82, 2.24) is 4.98 Å². The number of hydrogen-bond acceptors (Lipinski definition) is 5. The molecule has 0 aliphatic rings. The first-order valence-corrected chi connectivity index (χ1v) is 6.50. The Morgan fingerprint density at radius 2 is 2.19 bits per heavy atom. The van der Waals surface area contributed by atoms with Crippen LogP contribution in [0.4, 0.5) is 5.69 Å². The van der Waals surface area contributed by atoms with Crippen LogP contribution in [0.1, 0.15) is 16.1 Å². The van der Waals surface area contributed by atoms with E-state index in [2.05, 4.69) is 15.0 Å². The highest BCUT2D eigenvalue weighted by atomic mass is 16.5. The fourth-order valence-corrected chi connectivity index (χ4v) is 2.06. The third-order valence-electron chi connectivity index (χ3n) is 3.13. The minimum Gasteiger partial charge on any atom is -0.467 e. The highest BCUT2D eigenvalue weighted by Gasteiger charge is 2.09. The molecule has 5 heteroatoms. The molecule has 1 aromatic carbocycles. The Labute approximate surface area is 121 Å². The van der Waals surface area contributed by atoms with Crippen LogP contribution in [0.15, 0.2) is 53.3 Å². The van der Waals surface area contributed by atoms with E-state index in [1.54, 1.807) is 12.3 Å². The molecular weight excluding hydrogens is 268 g/mol. The van der Waals surface area contributed by atoms with Crippen LogP contribution in [0.3, 0.4) is 0 Å². The predicted octanol–water partition coefficient (Wildman–Crippen LogP) is 3.23. The maximum atomic E-state index is 11.3. The molecule has 0 saturated carbocycles. The number of benzene rings is 1. The summed E-state index contributed by atoms with van der Waals surface area (Å²) < 4.78 is 9.94. The molecular formula is C16H14N2O3. The maximum Gasteiger partial charge on any atom is 0.341 e. The monoisotopic (exact) mass is 282 g/mol. The molecule has 0 aliphatic carbocycles. The van der Waals surface area contributed by atoms with Crippen molar-refractivity contribution in [3.63, 3.8) is 0 Å². The number of anilines is 1. The summed E-state index contributed by atoms with van der Waals surface area (Å²) in [6.07, 6.45) is 3.16. The number of hydrogen-bond donors (Lipinski definition) is 1. The van der Waals surface area contributed by atoms with Crippen LogP contribution in [-0.2, 0) is 11.3 Å². The average molecular weight is 282 g/mol. The van der Waals surface area contributed by atoms with Gasteiger partial charge in [-0.25, -0.2) is 4.79 Å². The average Bonchev–Trinajstić information content (AvgIpc) is 3.01. The summed E-state index contributed by atoms with van der Waals surface area (Å²) in [4.78, 5) is 15.7. The van der Waals surface area contributed by atoms with Crippen molar-refractivity contribution in [3.05, 3.63) is 60.2 Å². The number of nitrogens with zero attached hydrogens (tertiary/aromatic N) is 1. The van der Waals surface area contributed by atoms with Gasteiger partial charge in [0.15, 0.2) is 0 Å². The zero-order valence-corrected chi connectivity index (χ0v) is 11.5. The fraction of sp³-hybridized carbons (Fsp3) is 0.125. The molecule has 0 fully saturated rings. The van der Waals surface area contributed by atoms with Crippen LogP contribution < -0.4 is 5.32 Å². The maximum absolute atomic E-state index is 11.3. The molecule has 21 heavy (non-hydrogen) atoms. The number of aromatic nitrogens is 1. The van der Waals surface area contributed by atoms with E-state index < -0.39 is 5.97 Å². The number of carbonyl (C=O) groups excluding carboxylic acids is 1. The number of furan rings is 1. The van der Waals surface area contributed by atoms with Crippen LogP contribution in [0.25, 0.3) is 10.9 Å². The first kappa shape index (κ1) is 13.2. The van der Waals surface area contributed by atoms with Gasteiger partial charge in [0.1, 0.15) is 12.0 Å². The number of pyridine rings is 1. The topological polar surface area (TPSA) is 64.4 Å². The van der Waals surface area contributed by atoms with E-state index in [1.807, 2.05) is 30.3 Å². The number of ether oxygens (including phenoxy) is 1. The van der Waals surface area contributed by atoms with Crippen LogP contribution in [0, 0.1) is 0 Å². The summed E-state index contributed by atoms with van der Waals surface area (Å²) in [5, 5.41) is 4.28. The number of para-hydroxylation sites is 1. The second kappa shape index (κ2) is 5.66. The van der Waals surface area contributed by atoms with Gasteiger partial charge < -0.3 is 14.5 Å². The zero-order valence-electron chi connectivity index (χ0n) is 11.5. The highest BCUT2D eigenvalue weighted by molar-refractivity contribution is 5.89. The molecule has 0 spiro atoms. The molecule has 0 unspecified atom stereocenters. The highest BCUT2D eigenvalue weighted by Crippen LogP contribution is 2.17. The molecule has 0 radical (unpaired) electrons. The van der Waals surface area contributed by atoms with Gasteiger partial charge in [-0.2, -0.15) is 0 Å². The Hall–Kier alpha value is -2.82. The summed E-state index contributed by atoms with van der Waals surface area (Å²) in [6.45, 7) is 0.469. The van der Waals surface area contributed by atoms with Gasteiger partial charge >= 0.3 is 5.97 Å². The second-order valence-corrected chi connectivity index (χ2v) is 4.56. The Morgan fingerprint density at radius 3 is 3.05 bits per heavy atom. The molecule has 5 nitrogen and oxygen atoms in total. The molecule has 1 N–H and O–H groups in total.